The van der Waals surface area contributed by atoms with Crippen LogP contribution in [0.4, 0.5) is 11.4 Å². The third kappa shape index (κ3) is 3.29. The summed E-state index contributed by atoms with van der Waals surface area (Å²) in [5, 5.41) is 5.22. The fraction of sp³-hybridized carbons (Fsp3) is 0. The van der Waals surface area contributed by atoms with E-state index in [2.05, 4.69) is 15.6 Å². The van der Waals surface area contributed by atoms with Crippen molar-refractivity contribution < 1.29 is 9.59 Å². The molecule has 1 heterocycles. The number of halogens is 1. The van der Waals surface area contributed by atoms with Crippen molar-refractivity contribution >= 4 is 35.3 Å². The predicted octanol–water partition coefficient (Wildman–Crippen LogP) is 2.56. The lowest BCUT2D eigenvalue weighted by molar-refractivity contribution is -0.105. The second-order valence-corrected chi connectivity index (χ2v) is 4.00. The molecule has 0 unspecified atom stereocenters. The molecule has 2 amide bonds. The summed E-state index contributed by atoms with van der Waals surface area (Å²) in [7, 11) is 0. The molecule has 96 valence electrons. The van der Waals surface area contributed by atoms with E-state index in [4.69, 9.17) is 11.6 Å². The van der Waals surface area contributed by atoms with Crippen molar-refractivity contribution in [2.75, 3.05) is 10.6 Å². The summed E-state index contributed by atoms with van der Waals surface area (Å²) >= 11 is 5.89. The van der Waals surface area contributed by atoms with E-state index in [0.717, 1.165) is 0 Å². The summed E-state index contributed by atoms with van der Waals surface area (Å²) in [4.78, 5) is 26.2. The zero-order valence-corrected chi connectivity index (χ0v) is 10.5. The molecular formula is C13H10ClN3O2. The summed E-state index contributed by atoms with van der Waals surface area (Å²) in [5.41, 5.74) is 1.29. The van der Waals surface area contributed by atoms with Crippen LogP contribution in [0.1, 0.15) is 10.4 Å². The van der Waals surface area contributed by atoms with Gasteiger partial charge in [-0.1, -0.05) is 29.8 Å². The number of aromatic nitrogens is 1. The number of nitrogens with zero attached hydrogens (tertiary/aromatic N) is 1. The molecule has 2 N–H and O–H groups in total. The van der Waals surface area contributed by atoms with E-state index in [0.29, 0.717) is 23.3 Å². The van der Waals surface area contributed by atoms with Crippen LogP contribution in [-0.2, 0) is 4.79 Å². The summed E-state index contributed by atoms with van der Waals surface area (Å²) in [5.74, 6) is -0.299. The fourth-order valence-corrected chi connectivity index (χ4v) is 1.62. The van der Waals surface area contributed by atoms with Crippen molar-refractivity contribution in [3.8, 4) is 0 Å². The molecule has 0 saturated carbocycles. The third-order valence-corrected chi connectivity index (χ3v) is 2.65. The molecule has 0 aliphatic heterocycles. The normalized spacial score (nSPS) is 9.74. The number of pyridine rings is 1. The van der Waals surface area contributed by atoms with Crippen LogP contribution in [0.15, 0.2) is 42.6 Å². The van der Waals surface area contributed by atoms with Gasteiger partial charge >= 0.3 is 0 Å². The number of benzene rings is 1. The number of anilines is 2. The molecule has 2 rings (SSSR count). The third-order valence-electron chi connectivity index (χ3n) is 2.35. The molecule has 19 heavy (non-hydrogen) atoms. The number of carbonyl (C=O) groups is 2. The lowest BCUT2D eigenvalue weighted by Crippen LogP contribution is -2.12. The maximum atomic E-state index is 11.9. The van der Waals surface area contributed by atoms with Crippen molar-refractivity contribution in [1.29, 1.82) is 0 Å². The smallest absolute Gasteiger partial charge is 0.255 e. The Morgan fingerprint density at radius 2 is 2.00 bits per heavy atom. The average molecular weight is 276 g/mol. The number of rotatable bonds is 4. The van der Waals surface area contributed by atoms with Gasteiger partial charge in [-0.2, -0.15) is 0 Å². The second kappa shape index (κ2) is 5.97. The van der Waals surface area contributed by atoms with E-state index in [1.807, 2.05) is 6.07 Å². The van der Waals surface area contributed by atoms with Gasteiger partial charge in [0.15, 0.2) is 5.15 Å². The van der Waals surface area contributed by atoms with Crippen LogP contribution in [0.3, 0.4) is 0 Å². The molecule has 6 heteroatoms. The minimum absolute atomic E-state index is 0.153. The summed E-state index contributed by atoms with van der Waals surface area (Å²) < 4.78 is 0. The molecule has 0 radical (unpaired) electrons. The minimum Gasteiger partial charge on any atom is -0.327 e. The highest BCUT2D eigenvalue weighted by atomic mass is 35.5. The van der Waals surface area contributed by atoms with E-state index in [9.17, 15) is 9.59 Å². The van der Waals surface area contributed by atoms with Crippen molar-refractivity contribution in [3.63, 3.8) is 0 Å². The van der Waals surface area contributed by atoms with Gasteiger partial charge in [-0.3, -0.25) is 9.59 Å². The molecule has 0 bridgehead atoms. The zero-order chi connectivity index (χ0) is 13.7. The highest BCUT2D eigenvalue weighted by Gasteiger charge is 2.09. The van der Waals surface area contributed by atoms with E-state index >= 15 is 0 Å². The molecule has 0 aliphatic rings. The topological polar surface area (TPSA) is 71.1 Å². The summed E-state index contributed by atoms with van der Waals surface area (Å²) in [6, 6.07) is 10.2. The Hall–Kier alpha value is -2.40. The number of carbonyl (C=O) groups excluding carboxylic acids is 2. The van der Waals surface area contributed by atoms with Crippen molar-refractivity contribution in [2.24, 2.45) is 0 Å². The molecule has 1 aromatic heterocycles. The van der Waals surface area contributed by atoms with Crippen molar-refractivity contribution in [2.45, 2.75) is 0 Å². The van der Waals surface area contributed by atoms with Crippen LogP contribution in [0, 0.1) is 0 Å². The van der Waals surface area contributed by atoms with Crippen LogP contribution in [0.25, 0.3) is 0 Å². The Morgan fingerprint density at radius 3 is 2.68 bits per heavy atom. The van der Waals surface area contributed by atoms with Crippen LogP contribution >= 0.6 is 11.6 Å². The highest BCUT2D eigenvalue weighted by molar-refractivity contribution is 6.32. The van der Waals surface area contributed by atoms with Gasteiger partial charge < -0.3 is 10.6 Å². The first-order valence-corrected chi connectivity index (χ1v) is 5.80. The van der Waals surface area contributed by atoms with E-state index in [1.54, 1.807) is 24.3 Å². The van der Waals surface area contributed by atoms with Gasteiger partial charge in [-0.15, -0.1) is 0 Å². The standard InChI is InChI=1S/C13H10ClN3O2/c14-12-11(6-10(7-15-12)16-8-18)17-13(19)9-4-2-1-3-5-9/h1-8H,(H,16,18)(H,17,19). The molecule has 5 nitrogen and oxygen atoms in total. The summed E-state index contributed by atoms with van der Waals surface area (Å²) in [6.45, 7) is 0. The number of hydrogen-bond donors (Lipinski definition) is 2. The van der Waals surface area contributed by atoms with Gasteiger partial charge in [0.05, 0.1) is 17.6 Å². The lowest BCUT2D eigenvalue weighted by Gasteiger charge is -2.08. The van der Waals surface area contributed by atoms with Gasteiger partial charge in [-0.25, -0.2) is 4.98 Å². The molecule has 0 saturated heterocycles. The van der Waals surface area contributed by atoms with Gasteiger partial charge in [0.1, 0.15) is 0 Å². The van der Waals surface area contributed by atoms with E-state index < -0.39 is 0 Å². The largest absolute Gasteiger partial charge is 0.327 e. The van der Waals surface area contributed by atoms with Crippen LogP contribution < -0.4 is 10.6 Å². The van der Waals surface area contributed by atoms with E-state index in [-0.39, 0.29) is 11.1 Å². The number of hydrogen-bond acceptors (Lipinski definition) is 3. The SMILES string of the molecule is O=CNc1cnc(Cl)c(NC(=O)c2ccccc2)c1. The molecule has 0 fully saturated rings. The zero-order valence-electron chi connectivity index (χ0n) is 9.76. The van der Waals surface area contributed by atoms with Crippen molar-refractivity contribution in [1.82, 2.24) is 4.98 Å². The summed E-state index contributed by atoms with van der Waals surface area (Å²) in [6.07, 6.45) is 1.92. The minimum atomic E-state index is -0.299. The van der Waals surface area contributed by atoms with Gasteiger partial charge in [0.25, 0.3) is 5.91 Å². The molecule has 0 spiro atoms. The van der Waals surface area contributed by atoms with Crippen LogP contribution in [-0.4, -0.2) is 17.3 Å². The Balaban J connectivity index is 2.21. The first kappa shape index (κ1) is 13.0. The average Bonchev–Trinajstić information content (AvgIpc) is 2.44. The van der Waals surface area contributed by atoms with Crippen LogP contribution in [0.5, 0.6) is 0 Å². The lowest BCUT2D eigenvalue weighted by atomic mass is 10.2. The Morgan fingerprint density at radius 1 is 1.26 bits per heavy atom. The molecular weight excluding hydrogens is 266 g/mol. The molecule has 2 aromatic rings. The van der Waals surface area contributed by atoms with Gasteiger partial charge in [-0.05, 0) is 18.2 Å². The fourth-order valence-electron chi connectivity index (χ4n) is 1.47. The monoisotopic (exact) mass is 275 g/mol. The maximum absolute atomic E-state index is 11.9. The van der Waals surface area contributed by atoms with Gasteiger partial charge in [0.2, 0.25) is 6.41 Å². The molecule has 1 aromatic carbocycles. The maximum Gasteiger partial charge on any atom is 0.255 e. The second-order valence-electron chi connectivity index (χ2n) is 3.64. The Labute approximate surface area is 114 Å². The first-order chi connectivity index (χ1) is 9.20. The molecule has 0 atom stereocenters. The van der Waals surface area contributed by atoms with E-state index in [1.165, 1.54) is 12.3 Å². The number of amides is 2. The van der Waals surface area contributed by atoms with Crippen LogP contribution in [0.2, 0.25) is 5.15 Å². The first-order valence-electron chi connectivity index (χ1n) is 5.43. The quantitative estimate of drug-likeness (QED) is 0.665. The predicted molar refractivity (Wildman–Crippen MR) is 73.3 cm³/mol. The number of nitrogens with one attached hydrogen (secondary N) is 2. The van der Waals surface area contributed by atoms with Gasteiger partial charge in [0, 0.05) is 5.56 Å². The Kier molecular flexibility index (Phi) is 4.10. The highest BCUT2D eigenvalue weighted by Crippen LogP contribution is 2.23. The molecule has 0 aliphatic carbocycles. The Bertz CT molecular complexity index is 602. The van der Waals surface area contributed by atoms with Crippen molar-refractivity contribution in [3.05, 3.63) is 53.3 Å².